The third-order valence-corrected chi connectivity index (χ3v) is 4.50. The highest BCUT2D eigenvalue weighted by atomic mass is 35.5. The zero-order valence-electron chi connectivity index (χ0n) is 15.6. The summed E-state index contributed by atoms with van der Waals surface area (Å²) in [5.74, 6) is -1.90. The van der Waals surface area contributed by atoms with Gasteiger partial charge in [0.05, 0.1) is 36.5 Å². The lowest BCUT2D eigenvalue weighted by Gasteiger charge is -2.13. The largest absolute Gasteiger partial charge is 0.506 e. The number of aliphatic hydroxyl groups excluding tert-OH is 1. The quantitative estimate of drug-likeness (QED) is 0.575. The molecule has 1 aromatic carbocycles. The topological polar surface area (TPSA) is 111 Å². The van der Waals surface area contributed by atoms with E-state index in [-0.39, 0.29) is 22.0 Å². The second-order valence-corrected chi connectivity index (χ2v) is 6.68. The summed E-state index contributed by atoms with van der Waals surface area (Å²) in [6, 6.07) is 4.10. The number of carbonyl (C=O) groups is 1. The van der Waals surface area contributed by atoms with E-state index < -0.39 is 47.4 Å². The number of hydrogen-bond donors (Lipinski definition) is 2. The maximum atomic E-state index is 13.8. The first kappa shape index (κ1) is 21.7. The molecule has 0 spiro atoms. The molecule has 0 unspecified atom stereocenters. The van der Waals surface area contributed by atoms with E-state index in [0.717, 1.165) is 13.3 Å². The van der Waals surface area contributed by atoms with Crippen LogP contribution in [0.5, 0.6) is 5.75 Å². The number of aromatic nitrogens is 3. The normalized spacial score (nSPS) is 12.8. The second-order valence-electron chi connectivity index (χ2n) is 6.30. The van der Waals surface area contributed by atoms with E-state index in [4.69, 9.17) is 20.9 Å². The minimum absolute atomic E-state index is 0.0528. The molecule has 0 aliphatic heterocycles. The minimum Gasteiger partial charge on any atom is -0.506 e. The molecule has 0 bridgehead atoms. The minimum atomic E-state index is -4.89. The number of phenolic OH excluding ortho intramolecular Hbond substituents is 1. The van der Waals surface area contributed by atoms with Crippen LogP contribution in [0.25, 0.3) is 22.6 Å². The number of ether oxygens (including phenoxy) is 1. The number of nitrogens with zero attached hydrogens (tertiary/aromatic N) is 3. The summed E-state index contributed by atoms with van der Waals surface area (Å²) in [4.78, 5) is 12.4. The lowest BCUT2D eigenvalue weighted by Crippen LogP contribution is -2.21. The van der Waals surface area contributed by atoms with Crippen molar-refractivity contribution in [3.63, 3.8) is 0 Å². The molecule has 0 saturated heterocycles. The fraction of sp³-hybridized carbons (Fsp3) is 0.278. The standard InChI is InChI=1S/C18H15ClF3N3O5/c1-8(26)7-25-16(18(20,21)22)10(6-23-25)15-12(17(28)29-2)14(24-30-15)9-4-3-5-11(27)13(9)19/h3-6,8,26-27H,7H2,1-2H3/t8-/m0/s1. The van der Waals surface area contributed by atoms with Gasteiger partial charge in [-0.3, -0.25) is 4.68 Å². The smallest absolute Gasteiger partial charge is 0.433 e. The first-order chi connectivity index (χ1) is 14.1. The van der Waals surface area contributed by atoms with Gasteiger partial charge in [-0.05, 0) is 13.0 Å². The molecule has 3 rings (SSSR count). The summed E-state index contributed by atoms with van der Waals surface area (Å²) < 4.78 is 51.6. The van der Waals surface area contributed by atoms with Crippen LogP contribution in [0.2, 0.25) is 5.02 Å². The van der Waals surface area contributed by atoms with E-state index in [1.807, 2.05) is 0 Å². The van der Waals surface area contributed by atoms with Gasteiger partial charge in [-0.15, -0.1) is 0 Å². The molecule has 1 atom stereocenters. The van der Waals surface area contributed by atoms with Gasteiger partial charge in [-0.2, -0.15) is 18.3 Å². The molecule has 0 radical (unpaired) electrons. The summed E-state index contributed by atoms with van der Waals surface area (Å²) in [6.07, 6.45) is -5.15. The molecule has 8 nitrogen and oxygen atoms in total. The fourth-order valence-corrected chi connectivity index (χ4v) is 3.11. The van der Waals surface area contributed by atoms with Gasteiger partial charge < -0.3 is 19.5 Å². The summed E-state index contributed by atoms with van der Waals surface area (Å²) in [7, 11) is 1.04. The Morgan fingerprint density at radius 2 is 2.07 bits per heavy atom. The zero-order chi connectivity index (χ0) is 22.2. The molecule has 160 valence electrons. The Balaban J connectivity index is 2.29. The number of halogens is 4. The number of aromatic hydroxyl groups is 1. The lowest BCUT2D eigenvalue weighted by molar-refractivity contribution is -0.144. The summed E-state index contributed by atoms with van der Waals surface area (Å²) in [6.45, 7) is 0.861. The van der Waals surface area contributed by atoms with Crippen molar-refractivity contribution in [3.05, 3.63) is 40.7 Å². The van der Waals surface area contributed by atoms with E-state index in [1.54, 1.807) is 0 Å². The molecule has 0 aliphatic rings. The van der Waals surface area contributed by atoms with Crippen molar-refractivity contribution in [2.75, 3.05) is 7.11 Å². The summed E-state index contributed by atoms with van der Waals surface area (Å²) >= 11 is 6.06. The second kappa shape index (κ2) is 8.00. The molecular formula is C18H15ClF3N3O5. The van der Waals surface area contributed by atoms with Crippen molar-refractivity contribution in [2.45, 2.75) is 25.7 Å². The van der Waals surface area contributed by atoms with E-state index in [1.165, 1.54) is 25.1 Å². The van der Waals surface area contributed by atoms with E-state index in [2.05, 4.69) is 10.3 Å². The van der Waals surface area contributed by atoms with Crippen molar-refractivity contribution in [1.29, 1.82) is 0 Å². The average Bonchev–Trinajstić information content (AvgIpc) is 3.26. The number of esters is 1. The highest BCUT2D eigenvalue weighted by molar-refractivity contribution is 6.35. The first-order valence-electron chi connectivity index (χ1n) is 8.43. The van der Waals surface area contributed by atoms with Gasteiger partial charge in [-0.25, -0.2) is 4.79 Å². The van der Waals surface area contributed by atoms with Gasteiger partial charge >= 0.3 is 12.1 Å². The number of hydrogen-bond acceptors (Lipinski definition) is 7. The van der Waals surface area contributed by atoms with Crippen molar-refractivity contribution in [2.24, 2.45) is 0 Å². The van der Waals surface area contributed by atoms with Crippen molar-refractivity contribution in [1.82, 2.24) is 14.9 Å². The number of carbonyl (C=O) groups excluding carboxylic acids is 1. The SMILES string of the molecule is COC(=O)c1c(-c2cccc(O)c2Cl)noc1-c1cnn(C[C@H](C)O)c1C(F)(F)F. The molecule has 12 heteroatoms. The maximum absolute atomic E-state index is 13.8. The van der Waals surface area contributed by atoms with E-state index in [9.17, 15) is 28.2 Å². The van der Waals surface area contributed by atoms with Crippen LogP contribution < -0.4 is 0 Å². The van der Waals surface area contributed by atoms with Gasteiger partial charge in [0.25, 0.3) is 0 Å². The number of phenols is 1. The van der Waals surface area contributed by atoms with Crippen molar-refractivity contribution >= 4 is 17.6 Å². The van der Waals surface area contributed by atoms with Crippen LogP contribution in [0, 0.1) is 0 Å². The van der Waals surface area contributed by atoms with E-state index >= 15 is 0 Å². The van der Waals surface area contributed by atoms with Crippen LogP contribution in [0.1, 0.15) is 23.0 Å². The molecule has 30 heavy (non-hydrogen) atoms. The number of rotatable bonds is 5. The van der Waals surface area contributed by atoms with Crippen molar-refractivity contribution < 1.29 is 37.4 Å². The number of benzene rings is 1. The molecule has 0 amide bonds. The number of alkyl halides is 3. The molecule has 2 aromatic heterocycles. The van der Waals surface area contributed by atoms with Gasteiger partial charge in [0.2, 0.25) is 0 Å². The number of methoxy groups -OCH3 is 1. The molecular weight excluding hydrogens is 431 g/mol. The Labute approximate surface area is 172 Å². The lowest BCUT2D eigenvalue weighted by atomic mass is 10.0. The van der Waals surface area contributed by atoms with Crippen LogP contribution in [-0.4, -0.2) is 44.3 Å². The van der Waals surface area contributed by atoms with Crippen LogP contribution in [0.15, 0.2) is 28.9 Å². The fourth-order valence-electron chi connectivity index (χ4n) is 2.89. The monoisotopic (exact) mass is 445 g/mol. The Morgan fingerprint density at radius 3 is 2.67 bits per heavy atom. The Bertz CT molecular complexity index is 1090. The number of aliphatic hydroxyl groups is 1. The highest BCUT2D eigenvalue weighted by Crippen LogP contribution is 2.43. The average molecular weight is 446 g/mol. The van der Waals surface area contributed by atoms with Crippen LogP contribution in [0.4, 0.5) is 13.2 Å². The van der Waals surface area contributed by atoms with Gasteiger partial charge in [-0.1, -0.05) is 28.9 Å². The molecule has 0 aliphatic carbocycles. The summed E-state index contributed by atoms with van der Waals surface area (Å²) in [5, 5.41) is 26.5. The molecule has 2 N–H and O–H groups in total. The molecule has 3 aromatic rings. The first-order valence-corrected chi connectivity index (χ1v) is 8.81. The van der Waals surface area contributed by atoms with Crippen LogP contribution in [0.3, 0.4) is 0 Å². The predicted octanol–water partition coefficient (Wildman–Crippen LogP) is 3.75. The van der Waals surface area contributed by atoms with Gasteiger partial charge in [0.15, 0.2) is 11.5 Å². The summed E-state index contributed by atoms with van der Waals surface area (Å²) in [5.41, 5.74) is -2.39. The van der Waals surface area contributed by atoms with Crippen LogP contribution in [-0.2, 0) is 17.5 Å². The maximum Gasteiger partial charge on any atom is 0.433 e. The Kier molecular flexibility index (Phi) is 5.77. The van der Waals surface area contributed by atoms with Gasteiger partial charge in [0.1, 0.15) is 17.0 Å². The van der Waals surface area contributed by atoms with Crippen LogP contribution >= 0.6 is 11.6 Å². The van der Waals surface area contributed by atoms with Gasteiger partial charge in [0, 0.05) is 5.56 Å². The molecule has 2 heterocycles. The molecule has 0 fully saturated rings. The Morgan fingerprint density at radius 1 is 1.37 bits per heavy atom. The van der Waals surface area contributed by atoms with E-state index in [0.29, 0.717) is 4.68 Å². The third-order valence-electron chi connectivity index (χ3n) is 4.10. The zero-order valence-corrected chi connectivity index (χ0v) is 16.3. The Hall–Kier alpha value is -3.05. The predicted molar refractivity (Wildman–Crippen MR) is 97.9 cm³/mol. The molecule has 0 saturated carbocycles. The third kappa shape index (κ3) is 3.85. The van der Waals surface area contributed by atoms with Crippen molar-refractivity contribution in [3.8, 4) is 28.3 Å². The highest BCUT2D eigenvalue weighted by Gasteiger charge is 2.41.